The first-order chi connectivity index (χ1) is 11.8. The fourth-order valence-corrected chi connectivity index (χ4v) is 3.15. The highest BCUT2D eigenvalue weighted by Crippen LogP contribution is 2.26. The van der Waals surface area contributed by atoms with Gasteiger partial charge in [0.05, 0.1) is 0 Å². The van der Waals surface area contributed by atoms with Crippen LogP contribution in [-0.2, 0) is 10.3 Å². The molecule has 1 saturated heterocycles. The lowest BCUT2D eigenvalue weighted by Crippen LogP contribution is -2.40. The molecule has 2 aromatic rings. The molecule has 0 bridgehead atoms. The molecule has 1 aromatic carbocycles. The summed E-state index contributed by atoms with van der Waals surface area (Å²) in [5.74, 6) is -0.585. The molecule has 4 amide bonds. The number of nitrogens with zero attached hydrogens (tertiary/aromatic N) is 2. The van der Waals surface area contributed by atoms with Crippen molar-refractivity contribution in [3.8, 4) is 0 Å². The first-order valence-electron chi connectivity index (χ1n) is 7.68. The predicted molar refractivity (Wildman–Crippen MR) is 92.4 cm³/mol. The zero-order chi connectivity index (χ0) is 18.2. The maximum atomic E-state index is 12.5. The van der Waals surface area contributed by atoms with Crippen molar-refractivity contribution in [1.82, 2.24) is 20.8 Å². The zero-order valence-electron chi connectivity index (χ0n) is 13.9. The second-order valence-corrected chi connectivity index (χ2v) is 7.18. The van der Waals surface area contributed by atoms with Gasteiger partial charge >= 0.3 is 6.03 Å². The Bertz CT molecular complexity index is 863. The topological polar surface area (TPSA) is 113 Å². The number of amides is 4. The van der Waals surface area contributed by atoms with E-state index in [1.807, 2.05) is 13.8 Å². The summed E-state index contributed by atoms with van der Waals surface area (Å²) in [4.78, 5) is 35.9. The molecule has 0 spiro atoms. The van der Waals surface area contributed by atoms with E-state index in [2.05, 4.69) is 26.1 Å². The van der Waals surface area contributed by atoms with Gasteiger partial charge in [-0.15, -0.1) is 10.2 Å². The van der Waals surface area contributed by atoms with E-state index in [0.717, 1.165) is 5.01 Å². The Morgan fingerprint density at radius 3 is 2.64 bits per heavy atom. The number of hydrogen-bond acceptors (Lipinski definition) is 6. The second-order valence-electron chi connectivity index (χ2n) is 6.17. The number of carbonyl (C=O) groups is 3. The van der Waals surface area contributed by atoms with Gasteiger partial charge in [0.1, 0.15) is 10.5 Å². The molecule has 0 aliphatic carbocycles. The lowest BCUT2D eigenvalue weighted by molar-refractivity contribution is -0.123. The molecule has 0 saturated carbocycles. The third-order valence-corrected chi connectivity index (χ3v) is 5.04. The molecule has 25 heavy (non-hydrogen) atoms. The first kappa shape index (κ1) is 17.0. The van der Waals surface area contributed by atoms with E-state index in [1.54, 1.807) is 31.2 Å². The molecule has 1 aromatic heterocycles. The van der Waals surface area contributed by atoms with Crippen molar-refractivity contribution in [2.45, 2.75) is 32.2 Å². The number of urea groups is 1. The van der Waals surface area contributed by atoms with Crippen molar-refractivity contribution < 1.29 is 14.4 Å². The number of hydrogen-bond donors (Lipinski definition) is 3. The molecule has 0 radical (unpaired) electrons. The smallest absolute Gasteiger partial charge is 0.320 e. The Balaban J connectivity index is 1.82. The van der Waals surface area contributed by atoms with Crippen LogP contribution in [-0.4, -0.2) is 28.0 Å². The van der Waals surface area contributed by atoms with E-state index in [1.165, 1.54) is 11.3 Å². The minimum Gasteiger partial charge on any atom is -0.320 e. The van der Waals surface area contributed by atoms with Crippen LogP contribution in [0.2, 0.25) is 0 Å². The maximum Gasteiger partial charge on any atom is 0.322 e. The van der Waals surface area contributed by atoms with Crippen molar-refractivity contribution in [2.75, 3.05) is 5.32 Å². The third kappa shape index (κ3) is 3.22. The third-order valence-electron chi connectivity index (χ3n) is 3.90. The van der Waals surface area contributed by atoms with Gasteiger partial charge in [-0.25, -0.2) is 4.79 Å². The standard InChI is InChI=1S/C16H17N5O3S/c1-8(2)12-20-21-15(25-12)17-11(22)9-5-4-6-10(7-9)16(3)13(23)18-14(24)19-16/h4-8H,1-3H3,(H,17,21,22)(H2,18,19,23,24)/t16-/m1/s1. The quantitative estimate of drug-likeness (QED) is 0.722. The Labute approximate surface area is 148 Å². The van der Waals surface area contributed by atoms with Gasteiger partial charge in [-0.05, 0) is 24.6 Å². The summed E-state index contributed by atoms with van der Waals surface area (Å²) in [7, 11) is 0. The van der Waals surface area contributed by atoms with Crippen LogP contribution in [0.1, 0.15) is 47.6 Å². The molecule has 3 N–H and O–H groups in total. The monoisotopic (exact) mass is 359 g/mol. The van der Waals surface area contributed by atoms with Gasteiger partial charge < -0.3 is 5.32 Å². The highest BCUT2D eigenvalue weighted by Gasteiger charge is 2.43. The number of nitrogens with one attached hydrogen (secondary N) is 3. The average molecular weight is 359 g/mol. The number of carbonyl (C=O) groups excluding carboxylic acids is 3. The fraction of sp³-hybridized carbons (Fsp3) is 0.312. The number of imide groups is 1. The van der Waals surface area contributed by atoms with Gasteiger partial charge in [0.25, 0.3) is 11.8 Å². The van der Waals surface area contributed by atoms with Crippen LogP contribution in [0.4, 0.5) is 9.93 Å². The van der Waals surface area contributed by atoms with Crippen LogP contribution in [0.3, 0.4) is 0 Å². The van der Waals surface area contributed by atoms with E-state index in [9.17, 15) is 14.4 Å². The molecule has 9 heteroatoms. The van der Waals surface area contributed by atoms with E-state index < -0.39 is 17.5 Å². The minimum absolute atomic E-state index is 0.232. The van der Waals surface area contributed by atoms with Gasteiger partial charge in [0, 0.05) is 11.5 Å². The molecule has 2 heterocycles. The normalized spacial score (nSPS) is 19.7. The van der Waals surface area contributed by atoms with Crippen molar-refractivity contribution in [1.29, 1.82) is 0 Å². The van der Waals surface area contributed by atoms with Crippen LogP contribution in [0, 0.1) is 0 Å². The second kappa shape index (κ2) is 6.25. The summed E-state index contributed by atoms with van der Waals surface area (Å²) in [6.45, 7) is 5.58. The molecule has 1 aliphatic heterocycles. The van der Waals surface area contributed by atoms with Crippen molar-refractivity contribution in [3.05, 3.63) is 40.4 Å². The van der Waals surface area contributed by atoms with Crippen molar-refractivity contribution in [2.24, 2.45) is 0 Å². The number of aromatic nitrogens is 2. The van der Waals surface area contributed by atoms with Gasteiger partial charge in [-0.3, -0.25) is 20.2 Å². The van der Waals surface area contributed by atoms with Crippen molar-refractivity contribution in [3.63, 3.8) is 0 Å². The fourth-order valence-electron chi connectivity index (χ4n) is 2.41. The van der Waals surface area contributed by atoms with Gasteiger partial charge in [-0.1, -0.05) is 37.3 Å². The molecule has 3 rings (SSSR count). The molecule has 0 unspecified atom stereocenters. The van der Waals surface area contributed by atoms with Gasteiger partial charge in [0.2, 0.25) is 5.13 Å². The predicted octanol–water partition coefficient (Wildman–Crippen LogP) is 1.97. The van der Waals surface area contributed by atoms with E-state index in [4.69, 9.17) is 0 Å². The van der Waals surface area contributed by atoms with Crippen LogP contribution >= 0.6 is 11.3 Å². The summed E-state index contributed by atoms with van der Waals surface area (Å²) in [5.41, 5.74) is -0.335. The molecule has 1 atom stereocenters. The lowest BCUT2D eigenvalue weighted by Gasteiger charge is -2.21. The highest BCUT2D eigenvalue weighted by atomic mass is 32.1. The van der Waals surface area contributed by atoms with Crippen LogP contribution in [0.15, 0.2) is 24.3 Å². The first-order valence-corrected chi connectivity index (χ1v) is 8.50. The average Bonchev–Trinajstić information content (AvgIpc) is 3.13. The summed E-state index contributed by atoms with van der Waals surface area (Å²) in [6, 6.07) is 5.99. The number of anilines is 1. The highest BCUT2D eigenvalue weighted by molar-refractivity contribution is 7.15. The molecule has 130 valence electrons. The Kier molecular flexibility index (Phi) is 4.25. The zero-order valence-corrected chi connectivity index (χ0v) is 14.7. The Hall–Kier alpha value is -2.81. The lowest BCUT2D eigenvalue weighted by atomic mass is 9.91. The summed E-state index contributed by atoms with van der Waals surface area (Å²) >= 11 is 1.32. The van der Waals surface area contributed by atoms with E-state index >= 15 is 0 Å². The SMILES string of the molecule is CC(C)c1nnc(NC(=O)c2cccc([C@@]3(C)NC(=O)NC3=O)c2)s1. The van der Waals surface area contributed by atoms with Crippen LogP contribution < -0.4 is 16.0 Å². The molecular formula is C16H17N5O3S. The maximum absolute atomic E-state index is 12.5. The Morgan fingerprint density at radius 2 is 2.04 bits per heavy atom. The van der Waals surface area contributed by atoms with E-state index in [-0.39, 0.29) is 11.8 Å². The number of benzene rings is 1. The number of rotatable bonds is 4. The molecular weight excluding hydrogens is 342 g/mol. The van der Waals surface area contributed by atoms with Crippen LogP contribution in [0.5, 0.6) is 0 Å². The summed E-state index contributed by atoms with van der Waals surface area (Å²) in [6.07, 6.45) is 0. The summed E-state index contributed by atoms with van der Waals surface area (Å²) in [5, 5.41) is 16.7. The van der Waals surface area contributed by atoms with Crippen molar-refractivity contribution >= 4 is 34.3 Å². The van der Waals surface area contributed by atoms with Gasteiger partial charge in [-0.2, -0.15) is 0 Å². The molecule has 8 nitrogen and oxygen atoms in total. The summed E-state index contributed by atoms with van der Waals surface area (Å²) < 4.78 is 0. The van der Waals surface area contributed by atoms with E-state index in [0.29, 0.717) is 16.3 Å². The Morgan fingerprint density at radius 1 is 1.28 bits per heavy atom. The molecule has 1 aliphatic rings. The van der Waals surface area contributed by atoms with Crippen LogP contribution in [0.25, 0.3) is 0 Å². The van der Waals surface area contributed by atoms with Gasteiger partial charge in [0.15, 0.2) is 0 Å². The largest absolute Gasteiger partial charge is 0.322 e. The molecule has 1 fully saturated rings. The minimum atomic E-state index is -1.21.